The average Bonchev–Trinajstić information content (AvgIpc) is 3.57. The van der Waals surface area contributed by atoms with E-state index in [2.05, 4.69) is 181 Å². The van der Waals surface area contributed by atoms with E-state index < -0.39 is 0 Å². The van der Waals surface area contributed by atoms with Crippen LogP contribution in [-0.2, 0) is 0 Å². The van der Waals surface area contributed by atoms with Crippen LogP contribution in [0.15, 0.2) is 192 Å². The summed E-state index contributed by atoms with van der Waals surface area (Å²) in [6.45, 7) is 0. The SMILES string of the molecule is c1ccc(-c2ccc3cc(-c4ccc5cc(N(c6cccc7ccccc67)c6cccc7oc8ccccc8c67)ccc5c4)ccc3c2)cc1. The Morgan fingerprint density at radius 3 is 1.62 bits per heavy atom. The van der Waals surface area contributed by atoms with Gasteiger partial charge in [0.2, 0.25) is 0 Å². The summed E-state index contributed by atoms with van der Waals surface area (Å²) in [5, 5.41) is 9.50. The van der Waals surface area contributed by atoms with Gasteiger partial charge in [-0.1, -0.05) is 133 Å². The van der Waals surface area contributed by atoms with E-state index in [1.807, 2.05) is 12.1 Å². The van der Waals surface area contributed by atoms with Crippen LogP contribution in [0, 0.1) is 0 Å². The Hall–Kier alpha value is -6.64. The van der Waals surface area contributed by atoms with Gasteiger partial charge in [0.15, 0.2) is 0 Å². The number of benzene rings is 9. The van der Waals surface area contributed by atoms with Crippen LogP contribution in [-0.4, -0.2) is 0 Å². The Labute approximate surface area is 290 Å². The summed E-state index contributed by atoms with van der Waals surface area (Å²) < 4.78 is 6.35. The fourth-order valence-electron chi connectivity index (χ4n) is 7.54. The Bertz CT molecular complexity index is 2880. The highest BCUT2D eigenvalue weighted by Gasteiger charge is 2.21. The topological polar surface area (TPSA) is 16.4 Å². The third-order valence-electron chi connectivity index (χ3n) is 9.99. The molecule has 2 nitrogen and oxygen atoms in total. The first-order valence-corrected chi connectivity index (χ1v) is 17.1. The van der Waals surface area contributed by atoms with Gasteiger partial charge < -0.3 is 9.32 Å². The zero-order valence-corrected chi connectivity index (χ0v) is 27.3. The van der Waals surface area contributed by atoms with Gasteiger partial charge >= 0.3 is 0 Å². The first-order chi connectivity index (χ1) is 24.8. The van der Waals surface area contributed by atoms with Crippen molar-refractivity contribution < 1.29 is 4.42 Å². The van der Waals surface area contributed by atoms with E-state index in [1.54, 1.807) is 0 Å². The van der Waals surface area contributed by atoms with Crippen LogP contribution >= 0.6 is 0 Å². The van der Waals surface area contributed by atoms with Gasteiger partial charge in [-0.15, -0.1) is 0 Å². The molecule has 2 heteroatoms. The monoisotopic (exact) mass is 637 g/mol. The van der Waals surface area contributed by atoms with E-state index in [0.717, 1.165) is 39.0 Å². The molecule has 1 heterocycles. The zero-order chi connectivity index (χ0) is 33.0. The summed E-state index contributed by atoms with van der Waals surface area (Å²) >= 11 is 0. The van der Waals surface area contributed by atoms with Crippen molar-refractivity contribution in [1.29, 1.82) is 0 Å². The molecule has 0 fully saturated rings. The predicted molar refractivity (Wildman–Crippen MR) is 212 cm³/mol. The average molecular weight is 638 g/mol. The maximum atomic E-state index is 6.35. The second-order valence-electron chi connectivity index (χ2n) is 13.0. The third kappa shape index (κ3) is 4.73. The summed E-state index contributed by atoms with van der Waals surface area (Å²) in [5.74, 6) is 0. The second kappa shape index (κ2) is 11.5. The number of hydrogen-bond acceptors (Lipinski definition) is 2. The molecule has 0 N–H and O–H groups in total. The van der Waals surface area contributed by atoms with Gasteiger partial charge in [-0.25, -0.2) is 0 Å². The molecule has 0 bridgehead atoms. The Morgan fingerprint density at radius 2 is 0.860 bits per heavy atom. The Morgan fingerprint density at radius 1 is 0.320 bits per heavy atom. The van der Waals surface area contributed by atoms with Crippen molar-refractivity contribution in [2.24, 2.45) is 0 Å². The molecule has 0 spiro atoms. The maximum absolute atomic E-state index is 6.35. The van der Waals surface area contributed by atoms with Crippen LogP contribution in [0.4, 0.5) is 17.1 Å². The van der Waals surface area contributed by atoms with Crippen molar-refractivity contribution in [2.75, 3.05) is 4.90 Å². The third-order valence-corrected chi connectivity index (χ3v) is 9.99. The minimum Gasteiger partial charge on any atom is -0.456 e. The number of para-hydroxylation sites is 1. The van der Waals surface area contributed by atoms with Gasteiger partial charge in [-0.3, -0.25) is 0 Å². The van der Waals surface area contributed by atoms with Gasteiger partial charge in [-0.05, 0) is 104 Å². The summed E-state index contributed by atoms with van der Waals surface area (Å²) in [6.07, 6.45) is 0. The molecular formula is C48H31NO. The Kier molecular flexibility index (Phi) is 6.53. The second-order valence-corrected chi connectivity index (χ2v) is 13.0. The van der Waals surface area contributed by atoms with Gasteiger partial charge in [0.05, 0.1) is 16.8 Å². The number of furan rings is 1. The standard InChI is InChI=1S/C48H31NO/c1-2-10-32(11-3-1)34-20-21-36-29-37(23-22-35(36)28-34)38-24-25-40-31-41(27-26-39(40)30-38)49(44-16-8-13-33-12-4-5-14-42(33)44)45-17-9-19-47-48(45)43-15-6-7-18-46(43)50-47/h1-31H. The molecule has 0 aliphatic rings. The first kappa shape index (κ1) is 28.4. The van der Waals surface area contributed by atoms with Crippen molar-refractivity contribution in [2.45, 2.75) is 0 Å². The van der Waals surface area contributed by atoms with Crippen molar-refractivity contribution in [3.63, 3.8) is 0 Å². The summed E-state index contributed by atoms with van der Waals surface area (Å²) in [6, 6.07) is 67.6. The molecule has 0 atom stereocenters. The molecule has 0 aliphatic heterocycles. The molecule has 0 radical (unpaired) electrons. The molecule has 0 saturated heterocycles. The highest BCUT2D eigenvalue weighted by Crippen LogP contribution is 2.45. The van der Waals surface area contributed by atoms with Crippen LogP contribution in [0.2, 0.25) is 0 Å². The lowest BCUT2D eigenvalue weighted by atomic mass is 9.96. The molecule has 50 heavy (non-hydrogen) atoms. The van der Waals surface area contributed by atoms with E-state index >= 15 is 0 Å². The molecule has 0 unspecified atom stereocenters. The zero-order valence-electron chi connectivity index (χ0n) is 27.3. The highest BCUT2D eigenvalue weighted by atomic mass is 16.3. The normalized spacial score (nSPS) is 11.6. The van der Waals surface area contributed by atoms with E-state index in [9.17, 15) is 0 Å². The highest BCUT2D eigenvalue weighted by molar-refractivity contribution is 6.15. The molecule has 0 saturated carbocycles. The molecule has 0 aliphatic carbocycles. The van der Waals surface area contributed by atoms with E-state index in [4.69, 9.17) is 4.42 Å². The minimum atomic E-state index is 0.881. The van der Waals surface area contributed by atoms with Crippen LogP contribution in [0.5, 0.6) is 0 Å². The molecule has 10 rings (SSSR count). The number of nitrogens with zero attached hydrogens (tertiary/aromatic N) is 1. The quantitative estimate of drug-likeness (QED) is 0.187. The van der Waals surface area contributed by atoms with Crippen molar-refractivity contribution >= 4 is 71.3 Å². The molecule has 9 aromatic carbocycles. The number of rotatable bonds is 5. The molecule has 234 valence electrons. The van der Waals surface area contributed by atoms with Gasteiger partial charge in [-0.2, -0.15) is 0 Å². The van der Waals surface area contributed by atoms with Crippen LogP contribution in [0.3, 0.4) is 0 Å². The van der Waals surface area contributed by atoms with Gasteiger partial charge in [0, 0.05) is 16.5 Å². The lowest BCUT2D eigenvalue weighted by molar-refractivity contribution is 0.669. The van der Waals surface area contributed by atoms with Gasteiger partial charge in [0.1, 0.15) is 11.2 Å². The van der Waals surface area contributed by atoms with Crippen molar-refractivity contribution in [3.8, 4) is 22.3 Å². The minimum absolute atomic E-state index is 0.881. The summed E-state index contributed by atoms with van der Waals surface area (Å²) in [5.41, 5.74) is 9.99. The smallest absolute Gasteiger partial charge is 0.137 e. The van der Waals surface area contributed by atoms with Crippen molar-refractivity contribution in [1.82, 2.24) is 0 Å². The first-order valence-electron chi connectivity index (χ1n) is 17.1. The summed E-state index contributed by atoms with van der Waals surface area (Å²) in [7, 11) is 0. The number of hydrogen-bond donors (Lipinski definition) is 0. The summed E-state index contributed by atoms with van der Waals surface area (Å²) in [4.78, 5) is 2.40. The number of anilines is 3. The largest absolute Gasteiger partial charge is 0.456 e. The molecular weight excluding hydrogens is 607 g/mol. The predicted octanol–water partition coefficient (Wildman–Crippen LogP) is 13.8. The lowest BCUT2D eigenvalue weighted by Gasteiger charge is -2.28. The van der Waals surface area contributed by atoms with E-state index in [1.165, 1.54) is 54.6 Å². The van der Waals surface area contributed by atoms with Gasteiger partial charge in [0.25, 0.3) is 0 Å². The maximum Gasteiger partial charge on any atom is 0.137 e. The van der Waals surface area contributed by atoms with E-state index in [0.29, 0.717) is 0 Å². The number of fused-ring (bicyclic) bond motifs is 6. The molecule has 0 amide bonds. The van der Waals surface area contributed by atoms with Crippen LogP contribution in [0.1, 0.15) is 0 Å². The van der Waals surface area contributed by atoms with Crippen LogP contribution in [0.25, 0.3) is 76.5 Å². The lowest BCUT2D eigenvalue weighted by Crippen LogP contribution is -2.11. The van der Waals surface area contributed by atoms with Crippen molar-refractivity contribution in [3.05, 3.63) is 188 Å². The fraction of sp³-hybridized carbons (Fsp3) is 0. The molecule has 10 aromatic rings. The van der Waals surface area contributed by atoms with E-state index in [-0.39, 0.29) is 0 Å². The van der Waals surface area contributed by atoms with Crippen LogP contribution < -0.4 is 4.90 Å². The Balaban J connectivity index is 1.10. The molecule has 1 aromatic heterocycles. The fourth-order valence-corrected chi connectivity index (χ4v) is 7.54.